The van der Waals surface area contributed by atoms with Crippen LogP contribution in [0, 0.1) is 5.92 Å². The van der Waals surface area contributed by atoms with Gasteiger partial charge in [0.1, 0.15) is 22.8 Å². The topological polar surface area (TPSA) is 70.8 Å². The van der Waals surface area contributed by atoms with Crippen molar-refractivity contribution in [3.8, 4) is 17.2 Å². The van der Waals surface area contributed by atoms with E-state index in [2.05, 4.69) is 0 Å². The predicted molar refractivity (Wildman–Crippen MR) is 71.1 cm³/mol. The van der Waals surface area contributed by atoms with Crippen molar-refractivity contribution < 1.29 is 19.0 Å². The van der Waals surface area contributed by atoms with Crippen molar-refractivity contribution in [1.82, 2.24) is 0 Å². The van der Waals surface area contributed by atoms with Gasteiger partial charge in [-0.25, -0.2) is 0 Å². The third-order valence-corrected chi connectivity index (χ3v) is 3.51. The Balaban J connectivity index is 2.39. The molecular formula is C14H19NO4. The second-order valence-electron chi connectivity index (χ2n) is 4.70. The zero-order chi connectivity index (χ0) is 14.0. The number of ketones is 1. The number of rotatable bonds is 5. The standard InChI is InChI=1S/C14H19NO4/c1-17-10-6-11(18-2)13(12(7-10)19-3)14(16)8-4-9(15)5-8/h6-9H,4-5,15H2,1-3H3. The highest BCUT2D eigenvalue weighted by Gasteiger charge is 2.35. The zero-order valence-electron chi connectivity index (χ0n) is 11.4. The summed E-state index contributed by atoms with van der Waals surface area (Å²) < 4.78 is 15.7. The SMILES string of the molecule is COc1cc(OC)c(C(=O)C2CC(N)C2)c(OC)c1. The second kappa shape index (κ2) is 5.48. The van der Waals surface area contributed by atoms with Gasteiger partial charge in [0.15, 0.2) is 5.78 Å². The molecule has 2 N–H and O–H groups in total. The van der Waals surface area contributed by atoms with Crippen LogP contribution < -0.4 is 19.9 Å². The normalized spacial score (nSPS) is 21.5. The lowest BCUT2D eigenvalue weighted by Crippen LogP contribution is -2.40. The largest absolute Gasteiger partial charge is 0.496 e. The van der Waals surface area contributed by atoms with Crippen LogP contribution in [0.5, 0.6) is 17.2 Å². The summed E-state index contributed by atoms with van der Waals surface area (Å²) in [5, 5.41) is 0. The molecule has 0 atom stereocenters. The number of hydrogen-bond acceptors (Lipinski definition) is 5. The first-order chi connectivity index (χ1) is 9.10. The van der Waals surface area contributed by atoms with Crippen molar-refractivity contribution >= 4 is 5.78 Å². The summed E-state index contributed by atoms with van der Waals surface area (Å²) in [4.78, 5) is 12.5. The lowest BCUT2D eigenvalue weighted by molar-refractivity contribution is 0.0826. The van der Waals surface area contributed by atoms with Gasteiger partial charge in [-0.1, -0.05) is 0 Å². The first-order valence-corrected chi connectivity index (χ1v) is 6.20. The highest BCUT2D eigenvalue weighted by Crippen LogP contribution is 2.39. The van der Waals surface area contributed by atoms with E-state index in [1.807, 2.05) is 0 Å². The van der Waals surface area contributed by atoms with Crippen LogP contribution in [0.4, 0.5) is 0 Å². The molecular weight excluding hydrogens is 246 g/mol. The van der Waals surface area contributed by atoms with Crippen LogP contribution in [-0.4, -0.2) is 33.2 Å². The Labute approximate surface area is 112 Å². The maximum Gasteiger partial charge on any atom is 0.173 e. The monoisotopic (exact) mass is 265 g/mol. The number of Topliss-reactive ketones (excluding diaryl/α,β-unsaturated/α-hetero) is 1. The summed E-state index contributed by atoms with van der Waals surface area (Å²) in [5.41, 5.74) is 6.21. The molecule has 104 valence electrons. The molecule has 0 radical (unpaired) electrons. The van der Waals surface area contributed by atoms with E-state index in [9.17, 15) is 4.79 Å². The first-order valence-electron chi connectivity index (χ1n) is 6.20. The van der Waals surface area contributed by atoms with Crippen molar-refractivity contribution in [2.45, 2.75) is 18.9 Å². The van der Waals surface area contributed by atoms with Gasteiger partial charge in [0.2, 0.25) is 0 Å². The van der Waals surface area contributed by atoms with Crippen LogP contribution in [0.2, 0.25) is 0 Å². The van der Waals surface area contributed by atoms with E-state index < -0.39 is 0 Å². The predicted octanol–water partition coefficient (Wildman–Crippen LogP) is 1.63. The van der Waals surface area contributed by atoms with Crippen LogP contribution >= 0.6 is 0 Å². The summed E-state index contributed by atoms with van der Waals surface area (Å²) in [6.07, 6.45) is 1.44. The Morgan fingerprint density at radius 3 is 2.00 bits per heavy atom. The Bertz CT molecular complexity index is 455. The molecule has 19 heavy (non-hydrogen) atoms. The molecule has 0 aromatic heterocycles. The number of benzene rings is 1. The molecule has 1 aromatic rings. The molecule has 0 spiro atoms. The van der Waals surface area contributed by atoms with Crippen molar-refractivity contribution in [1.29, 1.82) is 0 Å². The molecule has 5 heteroatoms. The van der Waals surface area contributed by atoms with E-state index in [1.165, 1.54) is 14.2 Å². The van der Waals surface area contributed by atoms with E-state index in [4.69, 9.17) is 19.9 Å². The molecule has 2 rings (SSSR count). The van der Waals surface area contributed by atoms with Gasteiger partial charge in [0.25, 0.3) is 0 Å². The fraction of sp³-hybridized carbons (Fsp3) is 0.500. The maximum absolute atomic E-state index is 12.5. The highest BCUT2D eigenvalue weighted by molar-refractivity contribution is 6.03. The minimum atomic E-state index is -0.0359. The number of carbonyl (C=O) groups is 1. The molecule has 1 aliphatic rings. The van der Waals surface area contributed by atoms with Gasteiger partial charge >= 0.3 is 0 Å². The van der Waals surface area contributed by atoms with E-state index in [1.54, 1.807) is 19.2 Å². The van der Waals surface area contributed by atoms with Crippen molar-refractivity contribution in [2.24, 2.45) is 11.7 Å². The molecule has 0 unspecified atom stereocenters. The van der Waals surface area contributed by atoms with E-state index in [0.717, 1.165) is 12.8 Å². The summed E-state index contributed by atoms with van der Waals surface area (Å²) in [7, 11) is 4.61. The summed E-state index contributed by atoms with van der Waals surface area (Å²) >= 11 is 0. The van der Waals surface area contributed by atoms with Crippen molar-refractivity contribution in [3.05, 3.63) is 17.7 Å². The molecule has 0 bridgehead atoms. The van der Waals surface area contributed by atoms with Gasteiger partial charge in [-0.3, -0.25) is 4.79 Å². The quantitative estimate of drug-likeness (QED) is 0.819. The van der Waals surface area contributed by atoms with Gasteiger partial charge in [-0.15, -0.1) is 0 Å². The minimum Gasteiger partial charge on any atom is -0.496 e. The number of nitrogens with two attached hydrogens (primary N) is 1. The lowest BCUT2D eigenvalue weighted by Gasteiger charge is -2.31. The van der Waals surface area contributed by atoms with Crippen molar-refractivity contribution in [3.63, 3.8) is 0 Å². The molecule has 1 saturated carbocycles. The number of carbonyl (C=O) groups excluding carboxylic acids is 1. The van der Waals surface area contributed by atoms with Gasteiger partial charge in [0, 0.05) is 24.1 Å². The van der Waals surface area contributed by atoms with Crippen LogP contribution in [0.1, 0.15) is 23.2 Å². The zero-order valence-corrected chi connectivity index (χ0v) is 11.4. The summed E-state index contributed by atoms with van der Waals surface area (Å²) in [6, 6.07) is 3.51. The molecule has 1 aliphatic carbocycles. The fourth-order valence-corrected chi connectivity index (χ4v) is 2.33. The average Bonchev–Trinajstić information content (AvgIpc) is 2.41. The smallest absolute Gasteiger partial charge is 0.173 e. The van der Waals surface area contributed by atoms with E-state index >= 15 is 0 Å². The van der Waals surface area contributed by atoms with Gasteiger partial charge in [0.05, 0.1) is 21.3 Å². The Morgan fingerprint density at radius 1 is 1.11 bits per heavy atom. The van der Waals surface area contributed by atoms with Crippen molar-refractivity contribution in [2.75, 3.05) is 21.3 Å². The van der Waals surface area contributed by atoms with Crippen LogP contribution in [0.15, 0.2) is 12.1 Å². The van der Waals surface area contributed by atoms with Crippen LogP contribution in [0.3, 0.4) is 0 Å². The van der Waals surface area contributed by atoms with Crippen LogP contribution in [0.25, 0.3) is 0 Å². The first kappa shape index (κ1) is 13.7. The number of ether oxygens (including phenoxy) is 3. The maximum atomic E-state index is 12.5. The van der Waals surface area contributed by atoms with Gasteiger partial charge < -0.3 is 19.9 Å². The number of methoxy groups -OCH3 is 3. The molecule has 0 amide bonds. The fourth-order valence-electron chi connectivity index (χ4n) is 2.33. The molecule has 1 aromatic carbocycles. The Hall–Kier alpha value is -1.75. The second-order valence-corrected chi connectivity index (χ2v) is 4.70. The van der Waals surface area contributed by atoms with E-state index in [-0.39, 0.29) is 17.7 Å². The number of hydrogen-bond donors (Lipinski definition) is 1. The summed E-state index contributed by atoms with van der Waals surface area (Å²) in [5.74, 6) is 1.53. The molecule has 1 fully saturated rings. The molecule has 0 aliphatic heterocycles. The van der Waals surface area contributed by atoms with Gasteiger partial charge in [-0.05, 0) is 12.8 Å². The Morgan fingerprint density at radius 2 is 1.63 bits per heavy atom. The lowest BCUT2D eigenvalue weighted by atomic mass is 9.76. The Kier molecular flexibility index (Phi) is 3.95. The third-order valence-electron chi connectivity index (χ3n) is 3.51. The van der Waals surface area contributed by atoms with E-state index in [0.29, 0.717) is 22.8 Å². The molecule has 0 saturated heterocycles. The molecule has 0 heterocycles. The highest BCUT2D eigenvalue weighted by atomic mass is 16.5. The molecule has 5 nitrogen and oxygen atoms in total. The minimum absolute atomic E-state index is 0.0260. The third kappa shape index (κ3) is 2.51. The summed E-state index contributed by atoms with van der Waals surface area (Å²) in [6.45, 7) is 0. The van der Waals surface area contributed by atoms with Gasteiger partial charge in [-0.2, -0.15) is 0 Å². The van der Waals surface area contributed by atoms with Crippen LogP contribution in [-0.2, 0) is 0 Å². The average molecular weight is 265 g/mol.